The maximum Gasteiger partial charge on any atom is 0.289 e. The van der Waals surface area contributed by atoms with E-state index in [9.17, 15) is 4.79 Å². The first-order valence-corrected chi connectivity index (χ1v) is 7.94. The fourth-order valence-electron chi connectivity index (χ4n) is 2.30. The van der Waals surface area contributed by atoms with Gasteiger partial charge in [-0.1, -0.05) is 42.5 Å². The molecule has 2 aromatic carbocycles. The second-order valence-corrected chi connectivity index (χ2v) is 5.21. The molecule has 1 aromatic heterocycles. The fourth-order valence-corrected chi connectivity index (χ4v) is 2.30. The fraction of sp³-hybridized carbons (Fsp3) is 0.105. The third-order valence-corrected chi connectivity index (χ3v) is 3.46. The molecule has 6 heteroatoms. The topological polar surface area (TPSA) is 79.4 Å². The Hall–Kier alpha value is -3.41. The second-order valence-electron chi connectivity index (χ2n) is 5.21. The molecule has 0 atom stereocenters. The number of para-hydroxylation sites is 1. The van der Waals surface area contributed by atoms with Gasteiger partial charge in [0.25, 0.3) is 5.91 Å². The van der Waals surface area contributed by atoms with Gasteiger partial charge in [-0.2, -0.15) is 10.2 Å². The van der Waals surface area contributed by atoms with Crippen LogP contribution >= 0.6 is 0 Å². The zero-order valence-electron chi connectivity index (χ0n) is 13.8. The maximum atomic E-state index is 12.2. The molecule has 0 unspecified atom stereocenters. The lowest BCUT2D eigenvalue weighted by Gasteiger charge is -2.07. The van der Waals surface area contributed by atoms with E-state index in [4.69, 9.17) is 4.74 Å². The van der Waals surface area contributed by atoms with Crippen LogP contribution in [0.15, 0.2) is 65.8 Å². The Labute approximate surface area is 145 Å². The molecule has 0 aliphatic rings. The number of amides is 1. The third kappa shape index (κ3) is 4.11. The monoisotopic (exact) mass is 334 g/mol. The van der Waals surface area contributed by atoms with Crippen LogP contribution in [0.2, 0.25) is 0 Å². The number of benzene rings is 2. The summed E-state index contributed by atoms with van der Waals surface area (Å²) in [7, 11) is 0. The van der Waals surface area contributed by atoms with Gasteiger partial charge in [0.1, 0.15) is 11.4 Å². The number of carbonyl (C=O) groups excluding carboxylic acids is 1. The maximum absolute atomic E-state index is 12.2. The van der Waals surface area contributed by atoms with E-state index in [0.29, 0.717) is 18.0 Å². The first kappa shape index (κ1) is 16.4. The minimum Gasteiger partial charge on any atom is -0.493 e. The molecular weight excluding hydrogens is 316 g/mol. The third-order valence-electron chi connectivity index (χ3n) is 3.46. The number of aromatic amines is 1. The number of hydrogen-bond donors (Lipinski definition) is 2. The molecule has 0 saturated heterocycles. The molecule has 1 amide bonds. The predicted octanol–water partition coefficient (Wildman–Crippen LogP) is 3.24. The molecule has 1 heterocycles. The summed E-state index contributed by atoms with van der Waals surface area (Å²) < 4.78 is 5.60. The summed E-state index contributed by atoms with van der Waals surface area (Å²) >= 11 is 0. The molecular formula is C19H18N4O2. The highest BCUT2D eigenvalue weighted by Gasteiger charge is 2.13. The number of ether oxygens (including phenoxy) is 1. The lowest BCUT2D eigenvalue weighted by Crippen LogP contribution is -2.17. The smallest absolute Gasteiger partial charge is 0.289 e. The summed E-state index contributed by atoms with van der Waals surface area (Å²) in [6.45, 7) is 2.48. The van der Waals surface area contributed by atoms with Crippen molar-refractivity contribution < 1.29 is 9.53 Å². The van der Waals surface area contributed by atoms with Crippen molar-refractivity contribution in [3.63, 3.8) is 0 Å². The van der Waals surface area contributed by atoms with Crippen LogP contribution in [0.5, 0.6) is 5.75 Å². The molecule has 25 heavy (non-hydrogen) atoms. The van der Waals surface area contributed by atoms with E-state index in [-0.39, 0.29) is 5.91 Å². The zero-order valence-corrected chi connectivity index (χ0v) is 13.8. The van der Waals surface area contributed by atoms with Crippen molar-refractivity contribution in [2.45, 2.75) is 6.92 Å². The number of nitrogens with one attached hydrogen (secondary N) is 2. The van der Waals surface area contributed by atoms with Crippen molar-refractivity contribution in [3.8, 4) is 17.0 Å². The van der Waals surface area contributed by atoms with E-state index in [0.717, 1.165) is 16.9 Å². The second kappa shape index (κ2) is 7.92. The van der Waals surface area contributed by atoms with Crippen LogP contribution in [0, 0.1) is 0 Å². The van der Waals surface area contributed by atoms with Gasteiger partial charge in [-0.25, -0.2) is 5.43 Å². The van der Waals surface area contributed by atoms with Gasteiger partial charge in [0.05, 0.1) is 18.5 Å². The molecule has 6 nitrogen and oxygen atoms in total. The molecule has 0 saturated carbocycles. The lowest BCUT2D eigenvalue weighted by atomic mass is 10.1. The van der Waals surface area contributed by atoms with Crippen LogP contribution in [-0.4, -0.2) is 28.9 Å². The molecule has 3 rings (SSSR count). The largest absolute Gasteiger partial charge is 0.493 e. The average Bonchev–Trinajstić information content (AvgIpc) is 3.13. The van der Waals surface area contributed by atoms with Gasteiger partial charge in [-0.3, -0.25) is 9.89 Å². The Morgan fingerprint density at radius 2 is 1.96 bits per heavy atom. The molecule has 0 radical (unpaired) electrons. The highest BCUT2D eigenvalue weighted by atomic mass is 16.5. The van der Waals surface area contributed by atoms with Crippen molar-refractivity contribution in [2.75, 3.05) is 6.61 Å². The number of nitrogens with zero attached hydrogens (tertiary/aromatic N) is 2. The minimum atomic E-state index is -0.361. The van der Waals surface area contributed by atoms with Crippen molar-refractivity contribution in [1.82, 2.24) is 15.6 Å². The molecule has 0 fully saturated rings. The number of aromatic nitrogens is 2. The van der Waals surface area contributed by atoms with E-state index < -0.39 is 0 Å². The van der Waals surface area contributed by atoms with Gasteiger partial charge < -0.3 is 4.74 Å². The van der Waals surface area contributed by atoms with Gasteiger partial charge in [0.2, 0.25) is 0 Å². The number of hydrogen-bond acceptors (Lipinski definition) is 4. The summed E-state index contributed by atoms with van der Waals surface area (Å²) in [6, 6.07) is 18.8. The van der Waals surface area contributed by atoms with E-state index in [1.807, 2.05) is 61.5 Å². The summed E-state index contributed by atoms with van der Waals surface area (Å²) in [5.74, 6) is 0.366. The van der Waals surface area contributed by atoms with Gasteiger partial charge in [-0.05, 0) is 30.7 Å². The molecule has 0 spiro atoms. The normalized spacial score (nSPS) is 10.8. The first-order chi connectivity index (χ1) is 12.3. The van der Waals surface area contributed by atoms with E-state index in [2.05, 4.69) is 20.7 Å². The van der Waals surface area contributed by atoms with Crippen molar-refractivity contribution in [3.05, 3.63) is 71.9 Å². The summed E-state index contributed by atoms with van der Waals surface area (Å²) in [4.78, 5) is 12.2. The minimum absolute atomic E-state index is 0.325. The summed E-state index contributed by atoms with van der Waals surface area (Å²) in [5, 5.41) is 10.9. The highest BCUT2D eigenvalue weighted by molar-refractivity contribution is 5.94. The van der Waals surface area contributed by atoms with Crippen molar-refractivity contribution in [1.29, 1.82) is 0 Å². The Balaban J connectivity index is 1.71. The van der Waals surface area contributed by atoms with Gasteiger partial charge in [-0.15, -0.1) is 0 Å². The van der Waals surface area contributed by atoms with E-state index in [1.54, 1.807) is 12.3 Å². The lowest BCUT2D eigenvalue weighted by molar-refractivity contribution is 0.0950. The van der Waals surface area contributed by atoms with Crippen molar-refractivity contribution >= 4 is 12.1 Å². The van der Waals surface area contributed by atoms with Crippen LogP contribution in [0.1, 0.15) is 23.0 Å². The highest BCUT2D eigenvalue weighted by Crippen LogP contribution is 2.28. The number of carbonyl (C=O) groups is 1. The van der Waals surface area contributed by atoms with Crippen LogP contribution < -0.4 is 10.2 Å². The molecule has 126 valence electrons. The average molecular weight is 334 g/mol. The number of H-pyrrole nitrogens is 1. The predicted molar refractivity (Wildman–Crippen MR) is 96.7 cm³/mol. The number of hydrazone groups is 1. The molecule has 0 aliphatic carbocycles. The summed E-state index contributed by atoms with van der Waals surface area (Å²) in [6.07, 6.45) is 1.58. The SMILES string of the molecule is CCOc1ccccc1-c1cc(C(=O)NN=Cc2ccccc2)[nH]n1. The van der Waals surface area contributed by atoms with E-state index in [1.165, 1.54) is 0 Å². The Bertz CT molecular complexity index is 872. The van der Waals surface area contributed by atoms with Crippen LogP contribution in [0.3, 0.4) is 0 Å². The molecule has 2 N–H and O–H groups in total. The molecule has 0 aliphatic heterocycles. The van der Waals surface area contributed by atoms with Crippen LogP contribution in [0.25, 0.3) is 11.3 Å². The molecule has 3 aromatic rings. The van der Waals surface area contributed by atoms with Gasteiger partial charge in [0.15, 0.2) is 0 Å². The zero-order chi connectivity index (χ0) is 17.5. The van der Waals surface area contributed by atoms with Gasteiger partial charge in [0, 0.05) is 5.56 Å². The van der Waals surface area contributed by atoms with Crippen LogP contribution in [-0.2, 0) is 0 Å². The van der Waals surface area contributed by atoms with Crippen molar-refractivity contribution in [2.24, 2.45) is 5.10 Å². The van der Waals surface area contributed by atoms with E-state index >= 15 is 0 Å². The Morgan fingerprint density at radius 3 is 2.76 bits per heavy atom. The Morgan fingerprint density at radius 1 is 1.20 bits per heavy atom. The molecule has 0 bridgehead atoms. The van der Waals surface area contributed by atoms with Gasteiger partial charge >= 0.3 is 0 Å². The number of rotatable bonds is 6. The first-order valence-electron chi connectivity index (χ1n) is 7.94. The standard InChI is InChI=1S/C19H18N4O2/c1-2-25-18-11-7-6-10-15(18)16-12-17(22-21-16)19(24)23-20-13-14-8-4-3-5-9-14/h3-13H,2H2,1H3,(H,21,22)(H,23,24). The Kier molecular flexibility index (Phi) is 5.21. The summed E-state index contributed by atoms with van der Waals surface area (Å²) in [5.41, 5.74) is 5.17. The quantitative estimate of drug-likeness (QED) is 0.536. The van der Waals surface area contributed by atoms with Crippen LogP contribution in [0.4, 0.5) is 0 Å².